The van der Waals surface area contributed by atoms with Gasteiger partial charge in [-0.15, -0.1) is 5.10 Å². The average molecular weight is 534 g/mol. The Hall–Kier alpha value is -4.28. The third kappa shape index (κ3) is 8.10. The molecule has 3 heterocycles. The van der Waals surface area contributed by atoms with Crippen LogP contribution in [-0.2, 0) is 29.1 Å². The van der Waals surface area contributed by atoms with Crippen molar-refractivity contribution in [2.75, 3.05) is 19.7 Å². The molecule has 2 aromatic heterocycles. The number of rotatable bonds is 3. The van der Waals surface area contributed by atoms with Crippen LogP contribution in [0.5, 0.6) is 5.75 Å². The van der Waals surface area contributed by atoms with Crippen LogP contribution in [0, 0.1) is 6.92 Å². The summed E-state index contributed by atoms with van der Waals surface area (Å²) in [5.74, 6) is -0.212. The molecule has 3 amide bonds. The molecule has 1 aliphatic heterocycles. The lowest BCUT2D eigenvalue weighted by molar-refractivity contribution is -0.131. The topological polar surface area (TPSA) is 131 Å². The van der Waals surface area contributed by atoms with Crippen molar-refractivity contribution < 1.29 is 19.1 Å². The van der Waals surface area contributed by atoms with Crippen LogP contribution in [-0.4, -0.2) is 68.3 Å². The number of fused-ring (bicyclic) bond motifs is 3. The lowest BCUT2D eigenvalue weighted by atomic mass is 10.1. The highest BCUT2D eigenvalue weighted by molar-refractivity contribution is 5.99. The Kier molecular flexibility index (Phi) is 9.60. The van der Waals surface area contributed by atoms with Crippen LogP contribution in [0.3, 0.4) is 0 Å². The third-order valence-electron chi connectivity index (χ3n) is 6.46. The summed E-state index contributed by atoms with van der Waals surface area (Å²) in [4.78, 5) is 44.6. The number of ether oxygens (including phenoxy) is 1. The van der Waals surface area contributed by atoms with Gasteiger partial charge in [0.05, 0.1) is 24.9 Å². The highest BCUT2D eigenvalue weighted by atomic mass is 16.5. The van der Waals surface area contributed by atoms with Gasteiger partial charge in [-0.05, 0) is 56.0 Å². The smallest absolute Gasteiger partial charge is 0.255 e. The van der Waals surface area contributed by atoms with E-state index in [1.807, 2.05) is 37.4 Å². The van der Waals surface area contributed by atoms with Crippen molar-refractivity contribution >= 4 is 17.7 Å². The fourth-order valence-electron chi connectivity index (χ4n) is 4.28. The number of nitrogens with zero attached hydrogens (tertiary/aromatic N) is 5. The molecular weight excluding hydrogens is 498 g/mol. The van der Waals surface area contributed by atoms with Gasteiger partial charge in [0.15, 0.2) is 0 Å². The summed E-state index contributed by atoms with van der Waals surface area (Å²) in [5.41, 5.74) is 3.03. The second-order valence-corrected chi connectivity index (χ2v) is 9.69. The van der Waals surface area contributed by atoms with Crippen molar-refractivity contribution in [2.24, 2.45) is 0 Å². The largest absolute Gasteiger partial charge is 0.493 e. The number of carbonyl (C=O) groups excluding carboxylic acids is 3. The molecule has 0 fully saturated rings. The number of hydrogen-bond donors (Lipinski definition) is 2. The Morgan fingerprint density at radius 3 is 2.87 bits per heavy atom. The first-order valence-electron chi connectivity index (χ1n) is 13.3. The van der Waals surface area contributed by atoms with E-state index < -0.39 is 6.04 Å². The average Bonchev–Trinajstić information content (AvgIpc) is 3.38. The maximum absolute atomic E-state index is 13.1. The molecule has 0 aliphatic carbocycles. The second-order valence-electron chi connectivity index (χ2n) is 9.69. The molecule has 206 valence electrons. The van der Waals surface area contributed by atoms with E-state index in [1.165, 1.54) is 0 Å². The molecule has 0 spiro atoms. The minimum Gasteiger partial charge on any atom is -0.493 e. The third-order valence-corrected chi connectivity index (χ3v) is 6.46. The zero-order chi connectivity index (χ0) is 27.6. The molecule has 1 atom stereocenters. The van der Waals surface area contributed by atoms with Gasteiger partial charge in [0.2, 0.25) is 11.8 Å². The summed E-state index contributed by atoms with van der Waals surface area (Å²) in [6.07, 6.45) is 7.43. The standard InChI is InChI=1S/C28H35N7O4/c1-20-7-9-24-25(16-20)39-15-5-14-35-19-23(32-33-35)18-34(26(36)10-8-22-6-3-11-29-17-22)13-4-12-30-27(37)21(2)31-28(24)38/h3,6-7,9,11,16-17,19,21H,4-5,8,10,12-15,18H2,1-2H3,(H,30,37)(H,31,38)/t21-/m1/s1. The first-order chi connectivity index (χ1) is 18.9. The molecule has 0 radical (unpaired) electrons. The van der Waals surface area contributed by atoms with Crippen LogP contribution in [0.25, 0.3) is 0 Å². The Balaban J connectivity index is 1.46. The monoisotopic (exact) mass is 533 g/mol. The number of aryl methyl sites for hydroxylation is 3. The molecule has 11 nitrogen and oxygen atoms in total. The summed E-state index contributed by atoms with van der Waals surface area (Å²) >= 11 is 0. The SMILES string of the molecule is Cc1ccc2c(c1)OCCCn1cc(nn1)CN(C(=O)CCc1cccnc1)CCCNC(=O)[C@@H](C)NC2=O. The van der Waals surface area contributed by atoms with E-state index >= 15 is 0 Å². The van der Waals surface area contributed by atoms with Crippen molar-refractivity contribution in [1.29, 1.82) is 0 Å². The van der Waals surface area contributed by atoms with Gasteiger partial charge >= 0.3 is 0 Å². The van der Waals surface area contributed by atoms with E-state index in [9.17, 15) is 14.4 Å². The van der Waals surface area contributed by atoms with Gasteiger partial charge in [0, 0.05) is 44.9 Å². The van der Waals surface area contributed by atoms with E-state index in [2.05, 4.69) is 25.9 Å². The fraction of sp³-hybridized carbons (Fsp3) is 0.429. The number of nitrogens with one attached hydrogen (secondary N) is 2. The minimum absolute atomic E-state index is 0.00675. The molecule has 2 bridgehead atoms. The molecule has 3 aromatic rings. The summed E-state index contributed by atoms with van der Waals surface area (Å²) in [6, 6.07) is 8.43. The van der Waals surface area contributed by atoms with E-state index in [-0.39, 0.29) is 17.7 Å². The highest BCUT2D eigenvalue weighted by Gasteiger charge is 2.20. The van der Waals surface area contributed by atoms with Gasteiger partial charge in [0.25, 0.3) is 5.91 Å². The van der Waals surface area contributed by atoms with Crippen LogP contribution in [0.4, 0.5) is 0 Å². The lowest BCUT2D eigenvalue weighted by Gasteiger charge is -2.22. The fourth-order valence-corrected chi connectivity index (χ4v) is 4.28. The van der Waals surface area contributed by atoms with Gasteiger partial charge < -0.3 is 20.3 Å². The van der Waals surface area contributed by atoms with Crippen LogP contribution < -0.4 is 15.4 Å². The van der Waals surface area contributed by atoms with Crippen LogP contribution in [0.2, 0.25) is 0 Å². The number of carbonyl (C=O) groups is 3. The highest BCUT2D eigenvalue weighted by Crippen LogP contribution is 2.21. The summed E-state index contributed by atoms with van der Waals surface area (Å²) in [6.45, 7) is 5.64. The number of hydrogen-bond acceptors (Lipinski definition) is 7. The zero-order valence-electron chi connectivity index (χ0n) is 22.4. The van der Waals surface area contributed by atoms with Crippen molar-refractivity contribution in [3.8, 4) is 5.75 Å². The molecule has 0 saturated heterocycles. The van der Waals surface area contributed by atoms with Gasteiger partial charge in [-0.25, -0.2) is 0 Å². The minimum atomic E-state index is -0.736. The van der Waals surface area contributed by atoms with E-state index in [4.69, 9.17) is 4.74 Å². The van der Waals surface area contributed by atoms with E-state index in [1.54, 1.807) is 35.0 Å². The normalized spacial score (nSPS) is 17.5. The van der Waals surface area contributed by atoms with Gasteiger partial charge in [-0.3, -0.25) is 24.0 Å². The van der Waals surface area contributed by atoms with Gasteiger partial charge in [-0.2, -0.15) is 0 Å². The molecule has 1 aliphatic rings. The molecule has 39 heavy (non-hydrogen) atoms. The Bertz CT molecular complexity index is 1280. The van der Waals surface area contributed by atoms with E-state index in [0.717, 1.165) is 11.1 Å². The van der Waals surface area contributed by atoms with Gasteiger partial charge in [-0.1, -0.05) is 17.3 Å². The molecular formula is C28H35N7O4. The van der Waals surface area contributed by atoms with Crippen LogP contribution >= 0.6 is 0 Å². The number of pyridine rings is 1. The first kappa shape index (κ1) is 27.7. The molecule has 2 N–H and O–H groups in total. The molecule has 0 unspecified atom stereocenters. The lowest BCUT2D eigenvalue weighted by Crippen LogP contribution is -2.45. The van der Waals surface area contributed by atoms with Crippen LogP contribution in [0.1, 0.15) is 53.4 Å². The van der Waals surface area contributed by atoms with Crippen molar-refractivity contribution in [3.63, 3.8) is 0 Å². The predicted octanol–water partition coefficient (Wildman–Crippen LogP) is 2.05. The second kappa shape index (κ2) is 13.5. The summed E-state index contributed by atoms with van der Waals surface area (Å²) in [7, 11) is 0. The number of aromatic nitrogens is 4. The Labute approximate surface area is 227 Å². The summed E-state index contributed by atoms with van der Waals surface area (Å²) < 4.78 is 7.68. The first-order valence-corrected chi connectivity index (χ1v) is 13.3. The van der Waals surface area contributed by atoms with Crippen molar-refractivity contribution in [2.45, 2.75) is 58.7 Å². The Morgan fingerprint density at radius 2 is 2.05 bits per heavy atom. The molecule has 0 saturated carbocycles. The zero-order valence-corrected chi connectivity index (χ0v) is 22.4. The van der Waals surface area contributed by atoms with Crippen LogP contribution in [0.15, 0.2) is 48.9 Å². The number of benzene rings is 1. The molecule has 4 rings (SSSR count). The molecule has 1 aromatic carbocycles. The van der Waals surface area contributed by atoms with Crippen molar-refractivity contribution in [1.82, 2.24) is 35.5 Å². The van der Waals surface area contributed by atoms with Gasteiger partial charge in [0.1, 0.15) is 17.5 Å². The van der Waals surface area contributed by atoms with Crippen molar-refractivity contribution in [3.05, 3.63) is 71.3 Å². The maximum atomic E-state index is 13.1. The number of amides is 3. The maximum Gasteiger partial charge on any atom is 0.255 e. The quantitative estimate of drug-likeness (QED) is 0.527. The summed E-state index contributed by atoms with van der Waals surface area (Å²) in [5, 5.41) is 14.1. The predicted molar refractivity (Wildman–Crippen MR) is 144 cm³/mol. The molecule has 11 heteroatoms. The Morgan fingerprint density at radius 1 is 1.18 bits per heavy atom. The van der Waals surface area contributed by atoms with E-state index in [0.29, 0.717) is 75.5 Å².